The first-order chi connectivity index (χ1) is 6.41. The Hall–Kier alpha value is -0.770. The molecule has 0 aromatic rings. The molecule has 0 spiro atoms. The standard InChI is InChI=1S/C10H19NO3/c1-8(2)14-9(12)11-6-4-5-10(3,13)7-11/h8,13H,4-7H2,1-3H3. The number of carbonyl (C=O) groups is 1. The molecule has 1 saturated heterocycles. The second-order valence-electron chi connectivity index (χ2n) is 4.45. The van der Waals surface area contributed by atoms with Gasteiger partial charge in [-0.25, -0.2) is 4.79 Å². The second kappa shape index (κ2) is 4.17. The number of amides is 1. The summed E-state index contributed by atoms with van der Waals surface area (Å²) < 4.78 is 5.06. The molecule has 0 aromatic heterocycles. The SMILES string of the molecule is CC(C)OC(=O)N1CCCC(C)(O)C1. The predicted molar refractivity (Wildman–Crippen MR) is 53.0 cm³/mol. The second-order valence-corrected chi connectivity index (χ2v) is 4.45. The van der Waals surface area contributed by atoms with Crippen molar-refractivity contribution in [3.63, 3.8) is 0 Å². The fraction of sp³-hybridized carbons (Fsp3) is 0.900. The monoisotopic (exact) mass is 201 g/mol. The summed E-state index contributed by atoms with van der Waals surface area (Å²) in [6, 6.07) is 0. The molecule has 1 unspecified atom stereocenters. The van der Waals surface area contributed by atoms with Crippen LogP contribution < -0.4 is 0 Å². The van der Waals surface area contributed by atoms with Crippen molar-refractivity contribution in [2.75, 3.05) is 13.1 Å². The van der Waals surface area contributed by atoms with Gasteiger partial charge in [0.25, 0.3) is 0 Å². The zero-order valence-electron chi connectivity index (χ0n) is 9.12. The van der Waals surface area contributed by atoms with Crippen LogP contribution >= 0.6 is 0 Å². The minimum Gasteiger partial charge on any atom is -0.447 e. The molecule has 0 radical (unpaired) electrons. The van der Waals surface area contributed by atoms with E-state index >= 15 is 0 Å². The molecule has 1 rings (SSSR count). The van der Waals surface area contributed by atoms with Crippen LogP contribution in [0.1, 0.15) is 33.6 Å². The van der Waals surface area contributed by atoms with Crippen LogP contribution in [0, 0.1) is 0 Å². The summed E-state index contributed by atoms with van der Waals surface area (Å²) in [5.74, 6) is 0. The highest BCUT2D eigenvalue weighted by Crippen LogP contribution is 2.20. The molecule has 14 heavy (non-hydrogen) atoms. The summed E-state index contributed by atoms with van der Waals surface area (Å²) in [7, 11) is 0. The van der Waals surface area contributed by atoms with Crippen molar-refractivity contribution >= 4 is 6.09 Å². The van der Waals surface area contributed by atoms with Crippen LogP contribution in [0.15, 0.2) is 0 Å². The maximum absolute atomic E-state index is 11.5. The molecule has 1 fully saturated rings. The maximum Gasteiger partial charge on any atom is 0.410 e. The Bertz CT molecular complexity index is 213. The minimum atomic E-state index is -0.756. The van der Waals surface area contributed by atoms with Crippen LogP contribution in [0.3, 0.4) is 0 Å². The summed E-state index contributed by atoms with van der Waals surface area (Å²) in [4.78, 5) is 13.1. The molecule has 1 amide bonds. The van der Waals surface area contributed by atoms with Gasteiger partial charge in [0.05, 0.1) is 18.2 Å². The number of piperidine rings is 1. The van der Waals surface area contributed by atoms with Crippen molar-refractivity contribution in [3.8, 4) is 0 Å². The lowest BCUT2D eigenvalue weighted by Gasteiger charge is -2.36. The Morgan fingerprint density at radius 1 is 1.57 bits per heavy atom. The molecular formula is C10H19NO3. The van der Waals surface area contributed by atoms with E-state index in [0.717, 1.165) is 12.8 Å². The van der Waals surface area contributed by atoms with Crippen molar-refractivity contribution in [2.24, 2.45) is 0 Å². The third-order valence-corrected chi connectivity index (χ3v) is 2.27. The lowest BCUT2D eigenvalue weighted by molar-refractivity contribution is -0.0201. The van der Waals surface area contributed by atoms with Crippen molar-refractivity contribution in [3.05, 3.63) is 0 Å². The number of likely N-dealkylation sites (tertiary alicyclic amines) is 1. The van der Waals surface area contributed by atoms with Crippen LogP contribution in [0.5, 0.6) is 0 Å². The van der Waals surface area contributed by atoms with E-state index in [1.54, 1.807) is 11.8 Å². The molecule has 4 nitrogen and oxygen atoms in total. The average Bonchev–Trinajstić information content (AvgIpc) is 2.01. The predicted octanol–water partition coefficient (Wildman–Crippen LogP) is 1.38. The quantitative estimate of drug-likeness (QED) is 0.697. The van der Waals surface area contributed by atoms with E-state index in [1.165, 1.54) is 0 Å². The number of hydrogen-bond donors (Lipinski definition) is 1. The van der Waals surface area contributed by atoms with Gasteiger partial charge in [0, 0.05) is 6.54 Å². The van der Waals surface area contributed by atoms with Crippen molar-refractivity contribution in [1.29, 1.82) is 0 Å². The lowest BCUT2D eigenvalue weighted by Crippen LogP contribution is -2.49. The molecule has 0 aliphatic carbocycles. The third kappa shape index (κ3) is 3.18. The minimum absolute atomic E-state index is 0.102. The number of carbonyl (C=O) groups excluding carboxylic acids is 1. The molecule has 1 heterocycles. The van der Waals surface area contributed by atoms with E-state index in [4.69, 9.17) is 4.74 Å². The first kappa shape index (κ1) is 11.3. The van der Waals surface area contributed by atoms with E-state index in [-0.39, 0.29) is 12.2 Å². The highest BCUT2D eigenvalue weighted by molar-refractivity contribution is 5.68. The van der Waals surface area contributed by atoms with Gasteiger partial charge in [-0.05, 0) is 33.6 Å². The number of ether oxygens (including phenoxy) is 1. The Labute approximate surface area is 84.8 Å². The largest absolute Gasteiger partial charge is 0.447 e. The summed E-state index contributed by atoms with van der Waals surface area (Å²) in [5, 5.41) is 9.78. The van der Waals surface area contributed by atoms with E-state index in [2.05, 4.69) is 0 Å². The van der Waals surface area contributed by atoms with Crippen molar-refractivity contribution in [1.82, 2.24) is 4.90 Å². The summed E-state index contributed by atoms with van der Waals surface area (Å²) in [6.45, 7) is 6.45. The van der Waals surface area contributed by atoms with Gasteiger partial charge < -0.3 is 14.7 Å². The van der Waals surface area contributed by atoms with Gasteiger partial charge in [0.15, 0.2) is 0 Å². The van der Waals surface area contributed by atoms with E-state index in [9.17, 15) is 9.90 Å². The maximum atomic E-state index is 11.5. The third-order valence-electron chi connectivity index (χ3n) is 2.27. The fourth-order valence-electron chi connectivity index (χ4n) is 1.65. The molecule has 0 bridgehead atoms. The number of β-amino-alcohol motifs (C(OH)–C–C–N with tert-alkyl or cyclic N) is 1. The molecule has 1 atom stereocenters. The Kier molecular flexibility index (Phi) is 3.37. The Morgan fingerprint density at radius 3 is 2.71 bits per heavy atom. The zero-order valence-corrected chi connectivity index (χ0v) is 9.12. The van der Waals surface area contributed by atoms with Crippen molar-refractivity contribution in [2.45, 2.75) is 45.3 Å². The van der Waals surface area contributed by atoms with Gasteiger partial charge in [-0.15, -0.1) is 0 Å². The average molecular weight is 201 g/mol. The van der Waals surface area contributed by atoms with E-state index in [0.29, 0.717) is 13.1 Å². The summed E-state index contributed by atoms with van der Waals surface area (Å²) >= 11 is 0. The molecule has 0 aromatic carbocycles. The van der Waals surface area contributed by atoms with Gasteiger partial charge in [-0.2, -0.15) is 0 Å². The van der Waals surface area contributed by atoms with E-state index < -0.39 is 5.60 Å². The first-order valence-electron chi connectivity index (χ1n) is 5.09. The van der Waals surface area contributed by atoms with Gasteiger partial charge >= 0.3 is 6.09 Å². The van der Waals surface area contributed by atoms with Gasteiger partial charge in [0.1, 0.15) is 0 Å². The Morgan fingerprint density at radius 2 is 2.21 bits per heavy atom. The van der Waals surface area contributed by atoms with Crippen molar-refractivity contribution < 1.29 is 14.6 Å². The molecule has 1 N–H and O–H groups in total. The number of hydrogen-bond acceptors (Lipinski definition) is 3. The molecule has 4 heteroatoms. The highest BCUT2D eigenvalue weighted by atomic mass is 16.6. The number of aliphatic hydroxyl groups is 1. The smallest absolute Gasteiger partial charge is 0.410 e. The molecule has 82 valence electrons. The zero-order chi connectivity index (χ0) is 10.8. The topological polar surface area (TPSA) is 49.8 Å². The molecular weight excluding hydrogens is 182 g/mol. The summed E-state index contributed by atoms with van der Waals surface area (Å²) in [6.07, 6.45) is 1.16. The van der Waals surface area contributed by atoms with E-state index in [1.807, 2.05) is 13.8 Å². The van der Waals surface area contributed by atoms with Crippen LogP contribution in [0.25, 0.3) is 0 Å². The molecule has 0 saturated carbocycles. The van der Waals surface area contributed by atoms with Crippen LogP contribution in [0.2, 0.25) is 0 Å². The van der Waals surface area contributed by atoms with Gasteiger partial charge in [-0.1, -0.05) is 0 Å². The summed E-state index contributed by atoms with van der Waals surface area (Å²) in [5.41, 5.74) is -0.756. The number of nitrogens with zero attached hydrogens (tertiary/aromatic N) is 1. The highest BCUT2D eigenvalue weighted by Gasteiger charge is 2.31. The van der Waals surface area contributed by atoms with Gasteiger partial charge in [0.2, 0.25) is 0 Å². The molecule has 1 aliphatic heterocycles. The lowest BCUT2D eigenvalue weighted by atomic mass is 9.96. The normalized spacial score (nSPS) is 27.9. The fourth-order valence-corrected chi connectivity index (χ4v) is 1.65. The van der Waals surface area contributed by atoms with Crippen LogP contribution in [-0.4, -0.2) is 40.9 Å². The molecule has 1 aliphatic rings. The first-order valence-corrected chi connectivity index (χ1v) is 5.09. The van der Waals surface area contributed by atoms with Crippen LogP contribution in [0.4, 0.5) is 4.79 Å². The van der Waals surface area contributed by atoms with Crippen LogP contribution in [-0.2, 0) is 4.74 Å². The Balaban J connectivity index is 2.48. The van der Waals surface area contributed by atoms with Gasteiger partial charge in [-0.3, -0.25) is 0 Å². The number of rotatable bonds is 1.